The van der Waals surface area contributed by atoms with Crippen LogP contribution in [0.5, 0.6) is 5.75 Å². The Balaban J connectivity index is 1.46. The molecule has 0 bridgehead atoms. The van der Waals surface area contributed by atoms with Gasteiger partial charge in [0.25, 0.3) is 0 Å². The Labute approximate surface area is 167 Å². The Morgan fingerprint density at radius 1 is 1.21 bits per heavy atom. The lowest BCUT2D eigenvalue weighted by atomic mass is 10.1. The maximum absolute atomic E-state index is 12.4. The van der Waals surface area contributed by atoms with Crippen LogP contribution in [0.4, 0.5) is 0 Å². The van der Waals surface area contributed by atoms with Gasteiger partial charge in [-0.1, -0.05) is 17.3 Å². The summed E-state index contributed by atoms with van der Waals surface area (Å²) >= 11 is 0. The first kappa shape index (κ1) is 18.7. The second-order valence-corrected chi connectivity index (χ2v) is 6.77. The van der Waals surface area contributed by atoms with Crippen molar-refractivity contribution in [3.63, 3.8) is 0 Å². The third-order valence-corrected chi connectivity index (χ3v) is 4.45. The highest BCUT2D eigenvalue weighted by Gasteiger charge is 2.15. The van der Waals surface area contributed by atoms with E-state index in [0.29, 0.717) is 22.8 Å². The van der Waals surface area contributed by atoms with Gasteiger partial charge in [0, 0.05) is 29.3 Å². The zero-order chi connectivity index (χ0) is 20.4. The third kappa shape index (κ3) is 3.69. The number of rotatable bonds is 6. The van der Waals surface area contributed by atoms with Crippen LogP contribution >= 0.6 is 0 Å². The van der Waals surface area contributed by atoms with Gasteiger partial charge in [0.05, 0.1) is 18.9 Å². The molecule has 29 heavy (non-hydrogen) atoms. The second-order valence-electron chi connectivity index (χ2n) is 6.77. The second kappa shape index (κ2) is 7.75. The van der Waals surface area contributed by atoms with E-state index in [4.69, 9.17) is 14.0 Å². The number of esters is 1. The molecule has 1 aromatic carbocycles. The number of methoxy groups -OCH3 is 1. The Hall–Kier alpha value is -3.68. The Morgan fingerprint density at radius 2 is 2.03 bits per heavy atom. The molecule has 0 aliphatic rings. The lowest BCUT2D eigenvalue weighted by molar-refractivity contribution is 0.0437. The molecule has 0 radical (unpaired) electrons. The summed E-state index contributed by atoms with van der Waals surface area (Å²) < 4.78 is 17.8. The average Bonchev–Trinajstić information content (AvgIpc) is 3.38. The molecule has 148 valence electrons. The number of hydrogen-bond donors (Lipinski definition) is 0. The molecule has 0 N–H and O–H groups in total. The van der Waals surface area contributed by atoms with Crippen LogP contribution in [0.25, 0.3) is 22.3 Å². The first-order valence-corrected chi connectivity index (χ1v) is 9.16. The fourth-order valence-electron chi connectivity index (χ4n) is 3.01. The van der Waals surface area contributed by atoms with E-state index < -0.39 is 5.97 Å². The van der Waals surface area contributed by atoms with Gasteiger partial charge >= 0.3 is 5.97 Å². The summed E-state index contributed by atoms with van der Waals surface area (Å²) in [6.45, 7) is 4.00. The van der Waals surface area contributed by atoms with E-state index >= 15 is 0 Å². The standard InChI is InChI=1S/C21H20N4O4/c1-13(2)25-20-14(11-23-25)8-15(10-22-20)21(26)28-12-16-9-18(24-29-16)17-6-4-5-7-19(17)27-3/h4-11,13H,12H2,1-3H3. The van der Waals surface area contributed by atoms with Gasteiger partial charge in [-0.25, -0.2) is 14.5 Å². The average molecular weight is 392 g/mol. The number of fused-ring (bicyclic) bond motifs is 1. The number of benzene rings is 1. The highest BCUT2D eigenvalue weighted by molar-refractivity contribution is 5.92. The van der Waals surface area contributed by atoms with E-state index in [2.05, 4.69) is 15.2 Å². The number of para-hydroxylation sites is 1. The molecule has 3 heterocycles. The van der Waals surface area contributed by atoms with Gasteiger partial charge in [-0.3, -0.25) is 0 Å². The van der Waals surface area contributed by atoms with Crippen molar-refractivity contribution >= 4 is 17.0 Å². The fraction of sp³-hybridized carbons (Fsp3) is 0.238. The van der Waals surface area contributed by atoms with Crippen molar-refractivity contribution in [2.45, 2.75) is 26.5 Å². The third-order valence-electron chi connectivity index (χ3n) is 4.45. The summed E-state index contributed by atoms with van der Waals surface area (Å²) in [6.07, 6.45) is 3.18. The van der Waals surface area contributed by atoms with Crippen LogP contribution in [0.3, 0.4) is 0 Å². The van der Waals surface area contributed by atoms with E-state index in [0.717, 1.165) is 16.6 Å². The van der Waals surface area contributed by atoms with Crippen molar-refractivity contribution in [2.24, 2.45) is 0 Å². The van der Waals surface area contributed by atoms with Crippen molar-refractivity contribution in [3.05, 3.63) is 60.1 Å². The van der Waals surface area contributed by atoms with E-state index in [9.17, 15) is 4.79 Å². The highest BCUT2D eigenvalue weighted by Crippen LogP contribution is 2.29. The summed E-state index contributed by atoms with van der Waals surface area (Å²) in [5.41, 5.74) is 2.49. The summed E-state index contributed by atoms with van der Waals surface area (Å²) in [5, 5.41) is 9.12. The molecule has 0 aliphatic carbocycles. The normalized spacial score (nSPS) is 11.2. The number of aromatic nitrogens is 4. The van der Waals surface area contributed by atoms with Crippen molar-refractivity contribution in [1.82, 2.24) is 19.9 Å². The molecule has 0 spiro atoms. The monoisotopic (exact) mass is 392 g/mol. The smallest absolute Gasteiger partial charge is 0.340 e. The van der Waals surface area contributed by atoms with Crippen LogP contribution < -0.4 is 4.74 Å². The van der Waals surface area contributed by atoms with Crippen LogP contribution in [-0.2, 0) is 11.3 Å². The van der Waals surface area contributed by atoms with Crippen molar-refractivity contribution in [2.75, 3.05) is 7.11 Å². The van der Waals surface area contributed by atoms with E-state index in [-0.39, 0.29) is 12.6 Å². The SMILES string of the molecule is COc1ccccc1-c1cc(COC(=O)c2cnc3c(cnn3C(C)C)c2)on1. The number of ether oxygens (including phenoxy) is 2. The minimum absolute atomic E-state index is 0.0374. The minimum atomic E-state index is -0.494. The number of pyridine rings is 1. The van der Waals surface area contributed by atoms with E-state index in [1.54, 1.807) is 30.1 Å². The zero-order valence-electron chi connectivity index (χ0n) is 16.3. The maximum Gasteiger partial charge on any atom is 0.340 e. The molecule has 0 unspecified atom stereocenters. The predicted octanol–water partition coefficient (Wildman–Crippen LogP) is 4.03. The van der Waals surface area contributed by atoms with Gasteiger partial charge in [-0.05, 0) is 32.0 Å². The highest BCUT2D eigenvalue weighted by atomic mass is 16.5. The quantitative estimate of drug-likeness (QED) is 0.457. The molecular weight excluding hydrogens is 372 g/mol. The van der Waals surface area contributed by atoms with Crippen molar-refractivity contribution in [1.29, 1.82) is 0 Å². The molecule has 8 nitrogen and oxygen atoms in total. The van der Waals surface area contributed by atoms with E-state index in [1.807, 2.05) is 38.1 Å². The Kier molecular flexibility index (Phi) is 4.99. The molecule has 4 aromatic rings. The maximum atomic E-state index is 12.4. The number of carbonyl (C=O) groups excluding carboxylic acids is 1. The Bertz CT molecular complexity index is 1160. The first-order chi connectivity index (χ1) is 14.1. The molecule has 0 atom stereocenters. The summed E-state index contributed by atoms with van der Waals surface area (Å²) in [7, 11) is 1.59. The summed E-state index contributed by atoms with van der Waals surface area (Å²) in [5.74, 6) is 0.624. The number of hydrogen-bond acceptors (Lipinski definition) is 7. The van der Waals surface area contributed by atoms with Crippen LogP contribution in [0.2, 0.25) is 0 Å². The number of carbonyl (C=O) groups is 1. The van der Waals surface area contributed by atoms with Crippen LogP contribution in [0.1, 0.15) is 36.0 Å². The largest absolute Gasteiger partial charge is 0.496 e. The summed E-state index contributed by atoms with van der Waals surface area (Å²) in [4.78, 5) is 16.8. The van der Waals surface area contributed by atoms with Crippen LogP contribution in [-0.4, -0.2) is 33.0 Å². The van der Waals surface area contributed by atoms with Gasteiger partial charge in [-0.15, -0.1) is 0 Å². The molecule has 0 saturated carbocycles. The molecule has 4 rings (SSSR count). The Morgan fingerprint density at radius 3 is 2.83 bits per heavy atom. The van der Waals surface area contributed by atoms with E-state index in [1.165, 1.54) is 6.20 Å². The first-order valence-electron chi connectivity index (χ1n) is 9.16. The van der Waals surface area contributed by atoms with Gasteiger partial charge < -0.3 is 14.0 Å². The van der Waals surface area contributed by atoms with Gasteiger partial charge in [-0.2, -0.15) is 5.10 Å². The minimum Gasteiger partial charge on any atom is -0.496 e. The molecule has 0 amide bonds. The number of nitrogens with zero attached hydrogens (tertiary/aromatic N) is 4. The lowest BCUT2D eigenvalue weighted by Crippen LogP contribution is -2.07. The van der Waals surface area contributed by atoms with Gasteiger partial charge in [0.15, 0.2) is 18.0 Å². The molecule has 3 aromatic heterocycles. The molecular formula is C21H20N4O4. The lowest BCUT2D eigenvalue weighted by Gasteiger charge is -2.06. The topological polar surface area (TPSA) is 92.3 Å². The predicted molar refractivity (Wildman–Crippen MR) is 106 cm³/mol. The molecule has 0 aliphatic heterocycles. The molecule has 0 saturated heterocycles. The van der Waals surface area contributed by atoms with Gasteiger partial charge in [0.1, 0.15) is 11.4 Å². The van der Waals surface area contributed by atoms with Crippen molar-refractivity contribution < 1.29 is 18.8 Å². The zero-order valence-corrected chi connectivity index (χ0v) is 16.3. The fourth-order valence-corrected chi connectivity index (χ4v) is 3.01. The van der Waals surface area contributed by atoms with Crippen LogP contribution in [0, 0.1) is 0 Å². The van der Waals surface area contributed by atoms with Crippen LogP contribution in [0.15, 0.2) is 53.3 Å². The summed E-state index contributed by atoms with van der Waals surface area (Å²) in [6, 6.07) is 11.1. The molecule has 0 fully saturated rings. The van der Waals surface area contributed by atoms with Gasteiger partial charge in [0.2, 0.25) is 0 Å². The molecule has 8 heteroatoms. The van der Waals surface area contributed by atoms with Crippen molar-refractivity contribution in [3.8, 4) is 17.0 Å².